The lowest BCUT2D eigenvalue weighted by Crippen LogP contribution is -2.43. The van der Waals surface area contributed by atoms with E-state index in [1.807, 2.05) is 0 Å². The summed E-state index contributed by atoms with van der Waals surface area (Å²) in [5, 5.41) is 0.440. The lowest BCUT2D eigenvalue weighted by atomic mass is 9.76. The van der Waals surface area contributed by atoms with Crippen LogP contribution in [0, 0.1) is 11.2 Å². The molecule has 2 aliphatic rings. The van der Waals surface area contributed by atoms with E-state index in [1.165, 1.54) is 44.6 Å². The monoisotopic (exact) mass is 310 g/mol. The van der Waals surface area contributed by atoms with Crippen molar-refractivity contribution in [2.24, 2.45) is 11.1 Å². The third-order valence-electron chi connectivity index (χ3n) is 5.51. The summed E-state index contributed by atoms with van der Waals surface area (Å²) in [5.41, 5.74) is 7.21. The molecule has 0 aromatic heterocycles. The number of rotatable bonds is 3. The van der Waals surface area contributed by atoms with Crippen molar-refractivity contribution in [3.63, 3.8) is 0 Å². The summed E-state index contributed by atoms with van der Waals surface area (Å²) in [6, 6.07) is 4.91. The molecule has 3 rings (SSSR count). The molecule has 1 atom stereocenters. The number of benzene rings is 1. The van der Waals surface area contributed by atoms with Gasteiger partial charge in [0.25, 0.3) is 0 Å². The Hall–Kier alpha value is -0.640. The number of likely N-dealkylation sites (tertiary alicyclic amines) is 1. The zero-order valence-corrected chi connectivity index (χ0v) is 13.2. The van der Waals surface area contributed by atoms with Gasteiger partial charge >= 0.3 is 0 Å². The molecule has 2 nitrogen and oxygen atoms in total. The maximum absolute atomic E-state index is 14.2. The minimum Gasteiger partial charge on any atom is -0.329 e. The van der Waals surface area contributed by atoms with Crippen molar-refractivity contribution in [1.29, 1.82) is 0 Å². The molecular formula is C17H24ClFN2. The van der Waals surface area contributed by atoms with Crippen molar-refractivity contribution >= 4 is 11.6 Å². The van der Waals surface area contributed by atoms with Crippen LogP contribution in [0.3, 0.4) is 0 Å². The molecule has 1 unspecified atom stereocenters. The van der Waals surface area contributed by atoms with Crippen LogP contribution in [-0.2, 0) is 0 Å². The molecule has 21 heavy (non-hydrogen) atoms. The van der Waals surface area contributed by atoms with Crippen molar-refractivity contribution in [2.45, 2.75) is 44.6 Å². The third-order valence-corrected chi connectivity index (χ3v) is 5.74. The molecule has 4 heteroatoms. The van der Waals surface area contributed by atoms with Gasteiger partial charge in [-0.1, -0.05) is 30.5 Å². The predicted molar refractivity (Wildman–Crippen MR) is 84.9 cm³/mol. The van der Waals surface area contributed by atoms with Gasteiger partial charge in [-0.15, -0.1) is 0 Å². The molecule has 2 N–H and O–H groups in total. The fourth-order valence-electron chi connectivity index (χ4n) is 4.18. The molecule has 1 aromatic rings. The van der Waals surface area contributed by atoms with Gasteiger partial charge in [-0.05, 0) is 56.3 Å². The quantitative estimate of drug-likeness (QED) is 0.909. The lowest BCUT2D eigenvalue weighted by Gasteiger charge is -2.42. The number of hydrogen-bond acceptors (Lipinski definition) is 2. The van der Waals surface area contributed by atoms with Gasteiger partial charge in [0.2, 0.25) is 0 Å². The fraction of sp³-hybridized carbons (Fsp3) is 0.647. The van der Waals surface area contributed by atoms with Crippen molar-refractivity contribution < 1.29 is 4.39 Å². The molecule has 1 saturated carbocycles. The van der Waals surface area contributed by atoms with E-state index in [0.29, 0.717) is 22.5 Å². The molecule has 1 heterocycles. The molecule has 0 amide bonds. The van der Waals surface area contributed by atoms with Crippen LogP contribution in [0.15, 0.2) is 18.2 Å². The smallest absolute Gasteiger partial charge is 0.129 e. The second kappa shape index (κ2) is 6.23. The molecule has 1 spiro atoms. The first-order valence-electron chi connectivity index (χ1n) is 8.03. The maximum Gasteiger partial charge on any atom is 0.129 e. The summed E-state index contributed by atoms with van der Waals surface area (Å²) in [4.78, 5) is 2.36. The largest absolute Gasteiger partial charge is 0.329 e. The Morgan fingerprint density at radius 3 is 2.43 bits per heavy atom. The number of halogens is 2. The van der Waals surface area contributed by atoms with Crippen LogP contribution in [0.25, 0.3) is 0 Å². The zero-order chi connectivity index (χ0) is 14.9. The molecule has 1 aromatic carbocycles. The first-order valence-corrected chi connectivity index (χ1v) is 8.40. The Kier molecular flexibility index (Phi) is 4.53. The van der Waals surface area contributed by atoms with Gasteiger partial charge in [-0.25, -0.2) is 4.39 Å². The van der Waals surface area contributed by atoms with Gasteiger partial charge in [0.05, 0.1) is 0 Å². The maximum atomic E-state index is 14.2. The Balaban J connectivity index is 1.72. The first kappa shape index (κ1) is 15.3. The molecule has 116 valence electrons. The minimum atomic E-state index is -0.237. The molecule has 0 radical (unpaired) electrons. The van der Waals surface area contributed by atoms with Gasteiger partial charge in [0.1, 0.15) is 5.82 Å². The Labute approximate surface area is 131 Å². The van der Waals surface area contributed by atoms with E-state index in [2.05, 4.69) is 4.90 Å². The zero-order valence-electron chi connectivity index (χ0n) is 12.5. The minimum absolute atomic E-state index is 0.0268. The number of nitrogens with zero attached hydrogens (tertiary/aromatic N) is 1. The average molecular weight is 311 g/mol. The summed E-state index contributed by atoms with van der Waals surface area (Å²) in [6.07, 6.45) is 7.99. The van der Waals surface area contributed by atoms with Crippen LogP contribution < -0.4 is 5.73 Å². The molecule has 2 fully saturated rings. The van der Waals surface area contributed by atoms with Crippen LogP contribution >= 0.6 is 11.6 Å². The highest BCUT2D eigenvalue weighted by molar-refractivity contribution is 6.30. The Morgan fingerprint density at radius 2 is 1.86 bits per heavy atom. The average Bonchev–Trinajstić information content (AvgIpc) is 2.92. The first-order chi connectivity index (χ1) is 10.1. The number of piperidine rings is 1. The second-order valence-electron chi connectivity index (χ2n) is 6.66. The van der Waals surface area contributed by atoms with Gasteiger partial charge < -0.3 is 5.73 Å². The normalized spacial score (nSPS) is 23.6. The van der Waals surface area contributed by atoms with Gasteiger partial charge in [-0.3, -0.25) is 4.90 Å². The topological polar surface area (TPSA) is 29.3 Å². The summed E-state index contributed by atoms with van der Waals surface area (Å²) < 4.78 is 14.2. The predicted octanol–water partition coefficient (Wildman–Crippen LogP) is 4.14. The molecule has 1 saturated heterocycles. The summed E-state index contributed by atoms with van der Waals surface area (Å²) in [7, 11) is 0. The van der Waals surface area contributed by atoms with E-state index in [0.717, 1.165) is 13.1 Å². The highest BCUT2D eigenvalue weighted by atomic mass is 35.5. The van der Waals surface area contributed by atoms with Crippen molar-refractivity contribution in [3.05, 3.63) is 34.6 Å². The second-order valence-corrected chi connectivity index (χ2v) is 7.10. The fourth-order valence-corrected chi connectivity index (χ4v) is 4.34. The van der Waals surface area contributed by atoms with E-state index in [4.69, 9.17) is 17.3 Å². The van der Waals surface area contributed by atoms with E-state index in [9.17, 15) is 4.39 Å². The number of nitrogens with two attached hydrogens (primary N) is 1. The Bertz CT molecular complexity index is 490. The van der Waals surface area contributed by atoms with E-state index >= 15 is 0 Å². The van der Waals surface area contributed by atoms with Crippen molar-refractivity contribution in [3.8, 4) is 0 Å². The highest BCUT2D eigenvalue weighted by Gasteiger charge is 2.38. The number of hydrogen-bond donors (Lipinski definition) is 1. The van der Waals surface area contributed by atoms with Crippen LogP contribution in [0.5, 0.6) is 0 Å². The van der Waals surface area contributed by atoms with Crippen molar-refractivity contribution in [1.82, 2.24) is 4.90 Å². The third kappa shape index (κ3) is 3.10. The Morgan fingerprint density at radius 1 is 1.19 bits per heavy atom. The summed E-state index contributed by atoms with van der Waals surface area (Å²) in [6.45, 7) is 2.51. The molecule has 1 aliphatic heterocycles. The summed E-state index contributed by atoms with van der Waals surface area (Å²) in [5.74, 6) is -0.237. The van der Waals surface area contributed by atoms with Crippen LogP contribution in [0.1, 0.15) is 50.1 Å². The van der Waals surface area contributed by atoms with Gasteiger partial charge in [0, 0.05) is 23.2 Å². The molecule has 1 aliphatic carbocycles. The van der Waals surface area contributed by atoms with E-state index in [1.54, 1.807) is 12.1 Å². The lowest BCUT2D eigenvalue weighted by molar-refractivity contribution is 0.0768. The van der Waals surface area contributed by atoms with E-state index in [-0.39, 0.29) is 11.9 Å². The van der Waals surface area contributed by atoms with Gasteiger partial charge in [-0.2, -0.15) is 0 Å². The summed E-state index contributed by atoms with van der Waals surface area (Å²) >= 11 is 5.85. The van der Waals surface area contributed by atoms with Crippen LogP contribution in [0.4, 0.5) is 4.39 Å². The van der Waals surface area contributed by atoms with Gasteiger partial charge in [0.15, 0.2) is 0 Å². The molecule has 0 bridgehead atoms. The van der Waals surface area contributed by atoms with E-state index < -0.39 is 0 Å². The SMILES string of the molecule is NCC(c1ccc(Cl)cc1F)N1CCC2(CCCC2)CC1. The van der Waals surface area contributed by atoms with Crippen LogP contribution in [0.2, 0.25) is 5.02 Å². The van der Waals surface area contributed by atoms with Crippen LogP contribution in [-0.4, -0.2) is 24.5 Å². The standard InChI is InChI=1S/C17H24ClFN2/c18-13-3-4-14(15(19)11-13)16(12-20)21-9-7-17(8-10-21)5-1-2-6-17/h3-4,11,16H,1-2,5-10,12,20H2. The molecular weight excluding hydrogens is 287 g/mol. The van der Waals surface area contributed by atoms with Crippen molar-refractivity contribution in [2.75, 3.05) is 19.6 Å². The highest BCUT2D eigenvalue weighted by Crippen LogP contribution is 2.47.